The first-order valence-electron chi connectivity index (χ1n) is 5.55. The van der Waals surface area contributed by atoms with E-state index in [1.807, 2.05) is 0 Å². The van der Waals surface area contributed by atoms with E-state index in [9.17, 15) is 0 Å². The normalized spacial score (nSPS) is 28.3. The van der Waals surface area contributed by atoms with Gasteiger partial charge in [-0.1, -0.05) is 6.92 Å². The predicted molar refractivity (Wildman–Crippen MR) is 59.6 cm³/mol. The molecule has 0 radical (unpaired) electrons. The number of ether oxygens (including phenoxy) is 1. The van der Waals surface area contributed by atoms with E-state index in [-0.39, 0.29) is 11.1 Å². The Bertz CT molecular complexity index is 174. The number of likely N-dealkylation sites (N-methyl/N-ethyl adjacent to an activating group) is 1. The molecule has 1 fully saturated rings. The molecule has 1 aliphatic heterocycles. The third kappa shape index (κ3) is 3.56. The van der Waals surface area contributed by atoms with E-state index in [4.69, 9.17) is 4.74 Å². The maximum atomic E-state index is 5.40. The van der Waals surface area contributed by atoms with Crippen molar-refractivity contribution in [2.24, 2.45) is 0 Å². The summed E-state index contributed by atoms with van der Waals surface area (Å²) < 4.78 is 5.40. The Morgan fingerprint density at radius 2 is 2.14 bits per heavy atom. The van der Waals surface area contributed by atoms with Crippen molar-refractivity contribution in [2.45, 2.75) is 45.2 Å². The van der Waals surface area contributed by atoms with E-state index in [0.717, 1.165) is 32.7 Å². The molecule has 0 aromatic rings. The highest BCUT2D eigenvalue weighted by molar-refractivity contribution is 4.91. The van der Waals surface area contributed by atoms with Gasteiger partial charge in [0.15, 0.2) is 0 Å². The minimum atomic E-state index is 0.167. The highest BCUT2D eigenvalue weighted by atomic mass is 16.5. The topological polar surface area (TPSA) is 33.3 Å². The third-order valence-corrected chi connectivity index (χ3v) is 2.83. The minimum absolute atomic E-state index is 0.167. The Hall–Kier alpha value is -0.120. The predicted octanol–water partition coefficient (Wildman–Crippen LogP) is 1.14. The van der Waals surface area contributed by atoms with E-state index in [1.54, 1.807) is 0 Å². The van der Waals surface area contributed by atoms with Crippen molar-refractivity contribution < 1.29 is 4.74 Å². The molecule has 3 heteroatoms. The van der Waals surface area contributed by atoms with Crippen LogP contribution in [0.5, 0.6) is 0 Å². The van der Waals surface area contributed by atoms with Crippen molar-refractivity contribution in [1.29, 1.82) is 0 Å². The molecule has 0 aromatic heterocycles. The van der Waals surface area contributed by atoms with Crippen molar-refractivity contribution in [3.8, 4) is 0 Å². The Morgan fingerprint density at radius 1 is 1.43 bits per heavy atom. The minimum Gasteiger partial charge on any atom is -0.379 e. The highest BCUT2D eigenvalue weighted by Gasteiger charge is 2.30. The fourth-order valence-corrected chi connectivity index (χ4v) is 1.78. The Kier molecular flexibility index (Phi) is 3.93. The molecule has 14 heavy (non-hydrogen) atoms. The quantitative estimate of drug-likeness (QED) is 0.698. The van der Waals surface area contributed by atoms with Gasteiger partial charge in [0.2, 0.25) is 0 Å². The molecule has 1 heterocycles. The second kappa shape index (κ2) is 4.60. The highest BCUT2D eigenvalue weighted by Crippen LogP contribution is 2.18. The van der Waals surface area contributed by atoms with Gasteiger partial charge in [-0.15, -0.1) is 0 Å². The van der Waals surface area contributed by atoms with Gasteiger partial charge in [-0.05, 0) is 33.7 Å². The molecule has 1 atom stereocenters. The molecule has 0 aromatic carbocycles. The molecule has 1 rings (SSSR count). The molecule has 1 unspecified atom stereocenters. The van der Waals surface area contributed by atoms with Gasteiger partial charge >= 0.3 is 0 Å². The smallest absolute Gasteiger partial charge is 0.0646 e. The van der Waals surface area contributed by atoms with Gasteiger partial charge in [0.25, 0.3) is 0 Å². The number of hydrogen-bond donors (Lipinski definition) is 2. The monoisotopic (exact) mass is 200 g/mol. The second-order valence-corrected chi connectivity index (χ2v) is 5.13. The summed E-state index contributed by atoms with van der Waals surface area (Å²) >= 11 is 0. The molecule has 84 valence electrons. The van der Waals surface area contributed by atoms with Crippen LogP contribution in [0.15, 0.2) is 0 Å². The first-order valence-corrected chi connectivity index (χ1v) is 5.55. The fourth-order valence-electron chi connectivity index (χ4n) is 1.78. The SMILES string of the molecule is CCNC(C)(C)CNC1(C)CCOC1. The maximum Gasteiger partial charge on any atom is 0.0646 e. The summed E-state index contributed by atoms with van der Waals surface area (Å²) in [6.45, 7) is 12.6. The molecule has 0 spiro atoms. The van der Waals surface area contributed by atoms with Crippen LogP contribution in [0.1, 0.15) is 34.1 Å². The first-order chi connectivity index (χ1) is 6.47. The zero-order chi connectivity index (χ0) is 10.7. The van der Waals surface area contributed by atoms with Crippen LogP contribution in [0, 0.1) is 0 Å². The number of hydrogen-bond acceptors (Lipinski definition) is 3. The summed E-state index contributed by atoms with van der Waals surface area (Å²) in [7, 11) is 0. The van der Waals surface area contributed by atoms with Crippen LogP contribution in [0.25, 0.3) is 0 Å². The lowest BCUT2D eigenvalue weighted by Gasteiger charge is -2.32. The van der Waals surface area contributed by atoms with Crippen molar-refractivity contribution in [3.05, 3.63) is 0 Å². The molecule has 1 saturated heterocycles. The average molecular weight is 200 g/mol. The summed E-state index contributed by atoms with van der Waals surface area (Å²) in [5.74, 6) is 0. The summed E-state index contributed by atoms with van der Waals surface area (Å²) in [5.41, 5.74) is 0.354. The molecule has 0 bridgehead atoms. The molecule has 2 N–H and O–H groups in total. The molecular formula is C11H24N2O. The van der Waals surface area contributed by atoms with Gasteiger partial charge in [0, 0.05) is 24.2 Å². The van der Waals surface area contributed by atoms with Gasteiger partial charge in [0.05, 0.1) is 6.61 Å². The lowest BCUT2D eigenvalue weighted by Crippen LogP contribution is -2.54. The molecule has 0 amide bonds. The third-order valence-electron chi connectivity index (χ3n) is 2.83. The van der Waals surface area contributed by atoms with E-state index in [1.165, 1.54) is 0 Å². The van der Waals surface area contributed by atoms with Crippen LogP contribution in [0.3, 0.4) is 0 Å². The lowest BCUT2D eigenvalue weighted by molar-refractivity contribution is 0.167. The van der Waals surface area contributed by atoms with Crippen molar-refractivity contribution in [2.75, 3.05) is 26.3 Å². The largest absolute Gasteiger partial charge is 0.379 e. The fraction of sp³-hybridized carbons (Fsp3) is 1.00. The van der Waals surface area contributed by atoms with Crippen LogP contribution in [0.2, 0.25) is 0 Å². The molecule has 1 aliphatic rings. The molecule has 3 nitrogen and oxygen atoms in total. The Labute approximate surface area is 87.6 Å². The summed E-state index contributed by atoms with van der Waals surface area (Å²) in [5, 5.41) is 7.06. The van der Waals surface area contributed by atoms with Crippen LogP contribution in [0.4, 0.5) is 0 Å². The summed E-state index contributed by atoms with van der Waals surface area (Å²) in [4.78, 5) is 0. The molecular weight excluding hydrogens is 176 g/mol. The van der Waals surface area contributed by atoms with Crippen LogP contribution in [-0.2, 0) is 4.74 Å². The Morgan fingerprint density at radius 3 is 2.64 bits per heavy atom. The van der Waals surface area contributed by atoms with Gasteiger partial charge in [-0.2, -0.15) is 0 Å². The molecule has 0 saturated carbocycles. The van der Waals surface area contributed by atoms with E-state index in [2.05, 4.69) is 38.3 Å². The lowest BCUT2D eigenvalue weighted by atomic mass is 9.98. The number of rotatable bonds is 5. The van der Waals surface area contributed by atoms with Crippen molar-refractivity contribution in [1.82, 2.24) is 10.6 Å². The van der Waals surface area contributed by atoms with Gasteiger partial charge in [-0.25, -0.2) is 0 Å². The van der Waals surface area contributed by atoms with Crippen LogP contribution in [-0.4, -0.2) is 37.4 Å². The van der Waals surface area contributed by atoms with E-state index < -0.39 is 0 Å². The second-order valence-electron chi connectivity index (χ2n) is 5.13. The zero-order valence-electron chi connectivity index (χ0n) is 9.94. The summed E-state index contributed by atoms with van der Waals surface area (Å²) in [6.07, 6.45) is 1.12. The summed E-state index contributed by atoms with van der Waals surface area (Å²) in [6, 6.07) is 0. The average Bonchev–Trinajstić information content (AvgIpc) is 2.50. The van der Waals surface area contributed by atoms with Crippen molar-refractivity contribution in [3.63, 3.8) is 0 Å². The molecule has 0 aliphatic carbocycles. The zero-order valence-corrected chi connectivity index (χ0v) is 9.94. The standard InChI is InChI=1S/C11H24N2O/c1-5-12-10(2,3)8-13-11(4)6-7-14-9-11/h12-13H,5-9H2,1-4H3. The van der Waals surface area contributed by atoms with Gasteiger partial charge in [-0.3, -0.25) is 0 Å². The number of nitrogens with one attached hydrogen (secondary N) is 2. The first kappa shape index (κ1) is 12.0. The van der Waals surface area contributed by atoms with Crippen LogP contribution < -0.4 is 10.6 Å². The Balaban J connectivity index is 2.31. The van der Waals surface area contributed by atoms with Crippen LogP contribution >= 0.6 is 0 Å². The van der Waals surface area contributed by atoms with Gasteiger partial charge < -0.3 is 15.4 Å². The maximum absolute atomic E-state index is 5.40. The van der Waals surface area contributed by atoms with Gasteiger partial charge in [0.1, 0.15) is 0 Å². The van der Waals surface area contributed by atoms with E-state index >= 15 is 0 Å². The van der Waals surface area contributed by atoms with Crippen molar-refractivity contribution >= 4 is 0 Å². The van der Waals surface area contributed by atoms with E-state index in [0.29, 0.717) is 0 Å².